The van der Waals surface area contributed by atoms with E-state index in [0.29, 0.717) is 11.5 Å². The Morgan fingerprint density at radius 2 is 1.22 bits per heavy atom. The Balaban J connectivity index is 1.53. The van der Waals surface area contributed by atoms with E-state index in [1.807, 2.05) is 91.0 Å². The summed E-state index contributed by atoms with van der Waals surface area (Å²) >= 11 is 1.51. The number of carbonyl (C=O) groups excluding carboxylic acids is 3. The molecule has 36 heavy (non-hydrogen) atoms. The minimum Gasteiger partial charge on any atom is -0.459 e. The fourth-order valence-electron chi connectivity index (χ4n) is 3.17. The minimum atomic E-state index is -0.906. The van der Waals surface area contributed by atoms with Crippen LogP contribution < -0.4 is 10.6 Å². The molecule has 0 aliphatic rings. The molecule has 3 rings (SSSR count). The van der Waals surface area contributed by atoms with Crippen LogP contribution >= 0.6 is 11.8 Å². The van der Waals surface area contributed by atoms with Gasteiger partial charge in [-0.15, -0.1) is 0 Å². The highest BCUT2D eigenvalue weighted by atomic mass is 32.2. The van der Waals surface area contributed by atoms with E-state index in [1.54, 1.807) is 0 Å². The zero-order chi connectivity index (χ0) is 25.6. The van der Waals surface area contributed by atoms with Gasteiger partial charge in [0.1, 0.15) is 25.3 Å². The van der Waals surface area contributed by atoms with Crippen LogP contribution in [0.3, 0.4) is 0 Å². The topological polar surface area (TPSA) is 93.7 Å². The minimum absolute atomic E-state index is 0.0889. The maximum atomic E-state index is 12.8. The van der Waals surface area contributed by atoms with Crippen molar-refractivity contribution in [3.8, 4) is 0 Å². The normalized spacial score (nSPS) is 12.1. The summed E-state index contributed by atoms with van der Waals surface area (Å²) in [5.74, 6) is -0.0432. The van der Waals surface area contributed by atoms with Crippen molar-refractivity contribution in [1.29, 1.82) is 0 Å². The second-order valence-electron chi connectivity index (χ2n) is 8.08. The molecule has 0 aliphatic heterocycles. The Kier molecular flexibility index (Phi) is 10.9. The summed E-state index contributed by atoms with van der Waals surface area (Å²) < 4.78 is 10.6. The van der Waals surface area contributed by atoms with Crippen molar-refractivity contribution in [2.45, 2.75) is 38.0 Å². The SMILES string of the molecule is C[C@H](NC(=O)OCc1ccccc1)C(=O)N[C@H](CSCc1ccccc1)C(=O)OCc1ccccc1. The summed E-state index contributed by atoms with van der Waals surface area (Å²) in [4.78, 5) is 37.7. The van der Waals surface area contributed by atoms with Crippen LogP contribution in [0, 0.1) is 0 Å². The van der Waals surface area contributed by atoms with Gasteiger partial charge in [-0.25, -0.2) is 9.59 Å². The first-order valence-corrected chi connectivity index (χ1v) is 12.8. The van der Waals surface area contributed by atoms with Gasteiger partial charge < -0.3 is 20.1 Å². The van der Waals surface area contributed by atoms with Crippen LogP contribution in [0.5, 0.6) is 0 Å². The number of hydrogen-bond acceptors (Lipinski definition) is 6. The molecular formula is C28H30N2O5S. The zero-order valence-electron chi connectivity index (χ0n) is 20.1. The van der Waals surface area contributed by atoms with Crippen LogP contribution in [0.4, 0.5) is 4.79 Å². The van der Waals surface area contributed by atoms with Gasteiger partial charge in [0.05, 0.1) is 0 Å². The van der Waals surface area contributed by atoms with Gasteiger partial charge in [0.2, 0.25) is 5.91 Å². The molecule has 0 heterocycles. The van der Waals surface area contributed by atoms with Gasteiger partial charge in [0, 0.05) is 11.5 Å². The Labute approximate surface area is 215 Å². The smallest absolute Gasteiger partial charge is 0.408 e. The van der Waals surface area contributed by atoms with Crippen LogP contribution in [0.2, 0.25) is 0 Å². The lowest BCUT2D eigenvalue weighted by atomic mass is 10.2. The summed E-state index contributed by atoms with van der Waals surface area (Å²) in [7, 11) is 0. The lowest BCUT2D eigenvalue weighted by Gasteiger charge is -2.20. The largest absolute Gasteiger partial charge is 0.459 e. The highest BCUT2D eigenvalue weighted by Crippen LogP contribution is 2.14. The maximum Gasteiger partial charge on any atom is 0.408 e. The quantitative estimate of drug-likeness (QED) is 0.352. The third-order valence-corrected chi connectivity index (χ3v) is 6.27. The third kappa shape index (κ3) is 9.46. The average molecular weight is 507 g/mol. The first-order valence-electron chi connectivity index (χ1n) is 11.6. The highest BCUT2D eigenvalue weighted by Gasteiger charge is 2.26. The fraction of sp³-hybridized carbons (Fsp3) is 0.250. The van der Waals surface area contributed by atoms with E-state index in [9.17, 15) is 14.4 Å². The molecule has 0 unspecified atom stereocenters. The molecule has 7 nitrogen and oxygen atoms in total. The molecule has 0 radical (unpaired) electrons. The predicted molar refractivity (Wildman–Crippen MR) is 140 cm³/mol. The Hall–Kier alpha value is -3.78. The molecule has 0 bridgehead atoms. The van der Waals surface area contributed by atoms with E-state index in [0.717, 1.165) is 16.7 Å². The fourth-order valence-corrected chi connectivity index (χ4v) is 4.17. The maximum absolute atomic E-state index is 12.8. The van der Waals surface area contributed by atoms with Crippen LogP contribution in [-0.2, 0) is 38.0 Å². The van der Waals surface area contributed by atoms with Gasteiger partial charge in [-0.2, -0.15) is 11.8 Å². The number of benzene rings is 3. The van der Waals surface area contributed by atoms with Crippen molar-refractivity contribution in [3.63, 3.8) is 0 Å². The molecule has 2 atom stereocenters. The van der Waals surface area contributed by atoms with Gasteiger partial charge in [0.25, 0.3) is 0 Å². The molecule has 0 aliphatic carbocycles. The molecule has 2 N–H and O–H groups in total. The van der Waals surface area contributed by atoms with Crippen LogP contribution in [-0.4, -0.2) is 35.8 Å². The van der Waals surface area contributed by atoms with Crippen LogP contribution in [0.15, 0.2) is 91.0 Å². The molecule has 8 heteroatoms. The van der Waals surface area contributed by atoms with Gasteiger partial charge in [0.15, 0.2) is 0 Å². The first-order chi connectivity index (χ1) is 17.5. The van der Waals surface area contributed by atoms with Crippen LogP contribution in [0.25, 0.3) is 0 Å². The number of carbonyl (C=O) groups is 3. The Morgan fingerprint density at radius 3 is 1.78 bits per heavy atom. The standard InChI is InChI=1S/C28H30N2O5S/c1-21(29-28(33)35-18-23-13-7-3-8-14-23)26(31)30-25(20-36-19-24-15-9-4-10-16-24)27(32)34-17-22-11-5-2-6-12-22/h2-16,21,25H,17-20H2,1H3,(H,29,33)(H,30,31)/t21-,25+/m0/s1. The highest BCUT2D eigenvalue weighted by molar-refractivity contribution is 7.98. The van der Waals surface area contributed by atoms with E-state index >= 15 is 0 Å². The van der Waals surface area contributed by atoms with Crippen molar-refractivity contribution in [1.82, 2.24) is 10.6 Å². The molecule has 0 spiro atoms. The molecule has 2 amide bonds. The molecule has 0 aromatic heterocycles. The zero-order valence-corrected chi connectivity index (χ0v) is 20.9. The van der Waals surface area contributed by atoms with Gasteiger partial charge in [-0.3, -0.25) is 4.79 Å². The predicted octanol–water partition coefficient (Wildman–Crippen LogP) is 4.46. The number of rotatable bonds is 12. The Morgan fingerprint density at radius 1 is 0.722 bits per heavy atom. The monoisotopic (exact) mass is 506 g/mol. The molecule has 3 aromatic rings. The third-order valence-electron chi connectivity index (χ3n) is 5.16. The molecule has 0 fully saturated rings. The summed E-state index contributed by atoms with van der Waals surface area (Å²) in [5, 5.41) is 5.22. The van der Waals surface area contributed by atoms with E-state index in [1.165, 1.54) is 18.7 Å². The van der Waals surface area contributed by atoms with E-state index < -0.39 is 30.1 Å². The number of ether oxygens (including phenoxy) is 2. The summed E-state index contributed by atoms with van der Waals surface area (Å²) in [6.07, 6.45) is -0.719. The molecular weight excluding hydrogens is 476 g/mol. The van der Waals surface area contributed by atoms with Crippen molar-refractivity contribution < 1.29 is 23.9 Å². The molecule has 3 aromatic carbocycles. The number of hydrogen-bond donors (Lipinski definition) is 2. The molecule has 0 saturated carbocycles. The number of thioether (sulfide) groups is 1. The van der Waals surface area contributed by atoms with Gasteiger partial charge >= 0.3 is 12.1 Å². The number of amides is 2. The number of nitrogens with one attached hydrogen (secondary N) is 2. The number of alkyl carbamates (subject to hydrolysis) is 1. The van der Waals surface area contributed by atoms with Gasteiger partial charge in [-0.1, -0.05) is 91.0 Å². The van der Waals surface area contributed by atoms with E-state index in [4.69, 9.17) is 9.47 Å². The second kappa shape index (κ2) is 14.6. The van der Waals surface area contributed by atoms with Crippen molar-refractivity contribution in [2.24, 2.45) is 0 Å². The number of esters is 1. The summed E-state index contributed by atoms with van der Waals surface area (Å²) in [5.41, 5.74) is 2.80. The lowest BCUT2D eigenvalue weighted by Crippen LogP contribution is -2.51. The van der Waals surface area contributed by atoms with Crippen molar-refractivity contribution in [3.05, 3.63) is 108 Å². The summed E-state index contributed by atoms with van der Waals surface area (Å²) in [6.45, 7) is 1.73. The van der Waals surface area contributed by atoms with Gasteiger partial charge in [-0.05, 0) is 23.6 Å². The molecule has 188 valence electrons. The summed E-state index contributed by atoms with van der Waals surface area (Å²) in [6, 6.07) is 26.6. The van der Waals surface area contributed by atoms with Crippen molar-refractivity contribution >= 4 is 29.7 Å². The lowest BCUT2D eigenvalue weighted by molar-refractivity contribution is -0.148. The van der Waals surface area contributed by atoms with E-state index in [-0.39, 0.29) is 13.2 Å². The van der Waals surface area contributed by atoms with E-state index in [2.05, 4.69) is 10.6 Å². The van der Waals surface area contributed by atoms with Crippen LogP contribution in [0.1, 0.15) is 23.6 Å². The van der Waals surface area contributed by atoms with Crippen molar-refractivity contribution in [2.75, 3.05) is 5.75 Å². The molecule has 0 saturated heterocycles. The first kappa shape index (κ1) is 26.8. The second-order valence-corrected chi connectivity index (χ2v) is 9.11. The Bertz CT molecular complexity index is 1100. The average Bonchev–Trinajstić information content (AvgIpc) is 2.91.